The maximum Gasteiger partial charge on any atom is 0.234 e. The Hall–Kier alpha value is -1.26. The van der Waals surface area contributed by atoms with Crippen LogP contribution in [0.15, 0.2) is 40.3 Å². The van der Waals surface area contributed by atoms with E-state index in [0.29, 0.717) is 5.75 Å². The Kier molecular flexibility index (Phi) is 3.08. The smallest absolute Gasteiger partial charge is 0.234 e. The number of benzene rings is 1. The molecule has 1 atom stereocenters. The van der Waals surface area contributed by atoms with Gasteiger partial charge in [0.2, 0.25) is 10.9 Å². The molecule has 15 heavy (non-hydrogen) atoms. The maximum absolute atomic E-state index is 5.87. The number of hydroxylamine groups is 2. The lowest BCUT2D eigenvalue weighted by molar-refractivity contribution is 0.0127. The van der Waals surface area contributed by atoms with Gasteiger partial charge in [-0.25, -0.2) is 9.98 Å². The van der Waals surface area contributed by atoms with Gasteiger partial charge in [0.1, 0.15) is 6.34 Å². The molecule has 0 aromatic heterocycles. The Morgan fingerprint density at radius 3 is 2.67 bits per heavy atom. The summed E-state index contributed by atoms with van der Waals surface area (Å²) < 4.78 is 0. The summed E-state index contributed by atoms with van der Waals surface area (Å²) in [6, 6.07) is 9.21. The fraction of sp³-hybridized carbons (Fsp3) is 0.111. The fourth-order valence-corrected chi connectivity index (χ4v) is 1.38. The third-order valence-electron chi connectivity index (χ3n) is 1.66. The Morgan fingerprint density at radius 1 is 1.27 bits per heavy atom. The van der Waals surface area contributed by atoms with Gasteiger partial charge in [-0.15, -0.1) is 0 Å². The predicted octanol–water partition coefficient (Wildman–Crippen LogP) is 2.44. The zero-order valence-corrected chi connectivity index (χ0v) is 9.06. The van der Waals surface area contributed by atoms with E-state index >= 15 is 0 Å². The van der Waals surface area contributed by atoms with E-state index in [4.69, 9.17) is 28.0 Å². The molecule has 0 bridgehead atoms. The molecule has 2 rings (SSSR count). The van der Waals surface area contributed by atoms with Crippen molar-refractivity contribution in [2.45, 2.75) is 5.62 Å². The summed E-state index contributed by atoms with van der Waals surface area (Å²) in [7, 11) is 0. The topological polar surface area (TPSA) is 37.2 Å². The van der Waals surface area contributed by atoms with Gasteiger partial charge in [-0.3, -0.25) is 0 Å². The molecule has 0 spiro atoms. The molecule has 1 unspecified atom stereocenters. The minimum absolute atomic E-state index is 0.114. The summed E-state index contributed by atoms with van der Waals surface area (Å²) in [5, 5.41) is 1.42. The van der Waals surface area contributed by atoms with Gasteiger partial charge >= 0.3 is 0 Å². The van der Waals surface area contributed by atoms with Crippen LogP contribution < -0.4 is 4.84 Å². The van der Waals surface area contributed by atoms with E-state index in [9.17, 15) is 0 Å². The van der Waals surface area contributed by atoms with Crippen LogP contribution in [-0.4, -0.2) is 22.3 Å². The molecule has 0 fully saturated rings. The van der Waals surface area contributed by atoms with Gasteiger partial charge in [0.15, 0.2) is 5.75 Å². The molecule has 1 heterocycles. The quantitative estimate of drug-likeness (QED) is 0.591. The predicted molar refractivity (Wildman–Crippen MR) is 60.3 cm³/mol. The number of alkyl halides is 1. The monoisotopic (exact) mass is 243 g/mol. The summed E-state index contributed by atoms with van der Waals surface area (Å²) >= 11 is 11.4. The second kappa shape index (κ2) is 4.51. The highest BCUT2D eigenvalue weighted by Crippen LogP contribution is 2.16. The lowest BCUT2D eigenvalue weighted by Crippen LogP contribution is -2.35. The summed E-state index contributed by atoms with van der Waals surface area (Å²) in [5.74, 6) is 0.655. The summed E-state index contributed by atoms with van der Waals surface area (Å²) in [6.07, 6.45) is 1.39. The second-order valence-corrected chi connectivity index (χ2v) is 3.45. The van der Waals surface area contributed by atoms with Crippen molar-refractivity contribution in [2.75, 3.05) is 0 Å². The molecule has 0 saturated heterocycles. The van der Waals surface area contributed by atoms with Gasteiger partial charge in [0, 0.05) is 0 Å². The fourth-order valence-electron chi connectivity index (χ4n) is 1.01. The van der Waals surface area contributed by atoms with Crippen LogP contribution >= 0.6 is 23.2 Å². The SMILES string of the molecule is ClC1=NC(Cl)N(Oc2ccccc2)C=N1. The molecule has 0 radical (unpaired) electrons. The average Bonchev–Trinajstić information content (AvgIpc) is 2.24. The van der Waals surface area contributed by atoms with E-state index in [2.05, 4.69) is 9.98 Å². The third-order valence-corrected chi connectivity index (χ3v) is 2.14. The zero-order valence-electron chi connectivity index (χ0n) is 7.55. The lowest BCUT2D eigenvalue weighted by atomic mass is 10.3. The van der Waals surface area contributed by atoms with Gasteiger partial charge in [-0.2, -0.15) is 5.06 Å². The number of para-hydroxylation sites is 1. The van der Waals surface area contributed by atoms with Crippen LogP contribution in [0.5, 0.6) is 5.75 Å². The Balaban J connectivity index is 2.06. The van der Waals surface area contributed by atoms with Crippen LogP contribution in [0.25, 0.3) is 0 Å². The zero-order chi connectivity index (χ0) is 10.7. The molecule has 0 saturated carbocycles. The molecular formula is C9H7Cl2N3O. The molecule has 0 N–H and O–H groups in total. The number of rotatable bonds is 2. The van der Waals surface area contributed by atoms with E-state index < -0.39 is 5.62 Å². The maximum atomic E-state index is 5.87. The first kappa shape index (κ1) is 10.3. The van der Waals surface area contributed by atoms with Crippen LogP contribution in [-0.2, 0) is 0 Å². The summed E-state index contributed by atoms with van der Waals surface area (Å²) in [4.78, 5) is 13.0. The van der Waals surface area contributed by atoms with Crippen molar-refractivity contribution in [3.8, 4) is 5.75 Å². The van der Waals surface area contributed by atoms with Crippen molar-refractivity contribution in [1.82, 2.24) is 5.06 Å². The van der Waals surface area contributed by atoms with Crippen molar-refractivity contribution < 1.29 is 4.84 Å². The normalized spacial score (nSPS) is 20.0. The van der Waals surface area contributed by atoms with Gasteiger partial charge < -0.3 is 4.84 Å². The molecule has 1 aromatic carbocycles. The van der Waals surface area contributed by atoms with E-state index in [0.717, 1.165) is 0 Å². The van der Waals surface area contributed by atoms with Crippen molar-refractivity contribution in [3.05, 3.63) is 30.3 Å². The van der Waals surface area contributed by atoms with E-state index in [-0.39, 0.29) is 5.29 Å². The van der Waals surface area contributed by atoms with Gasteiger partial charge in [-0.1, -0.05) is 29.8 Å². The Bertz CT molecular complexity index is 394. The number of amidine groups is 1. The highest BCUT2D eigenvalue weighted by atomic mass is 35.5. The third kappa shape index (κ3) is 2.61. The number of hydrogen-bond donors (Lipinski definition) is 0. The van der Waals surface area contributed by atoms with Crippen LogP contribution in [0.3, 0.4) is 0 Å². The van der Waals surface area contributed by atoms with Crippen molar-refractivity contribution >= 4 is 34.8 Å². The van der Waals surface area contributed by atoms with Gasteiger partial charge in [0.05, 0.1) is 0 Å². The number of aliphatic imine (C=N–C) groups is 2. The molecule has 0 aliphatic carbocycles. The van der Waals surface area contributed by atoms with E-state index in [1.54, 1.807) is 12.1 Å². The van der Waals surface area contributed by atoms with Crippen molar-refractivity contribution in [1.29, 1.82) is 0 Å². The average molecular weight is 244 g/mol. The highest BCUT2D eigenvalue weighted by molar-refractivity contribution is 6.65. The summed E-state index contributed by atoms with van der Waals surface area (Å²) in [6.45, 7) is 0. The highest BCUT2D eigenvalue weighted by Gasteiger charge is 2.17. The van der Waals surface area contributed by atoms with Crippen LogP contribution in [0.4, 0.5) is 0 Å². The minimum Gasteiger partial charge on any atom is -0.375 e. The standard InChI is InChI=1S/C9H7Cl2N3O/c10-8-12-6-14(9(11)13-8)15-7-4-2-1-3-5-7/h1-6,9H. The van der Waals surface area contributed by atoms with Gasteiger partial charge in [-0.05, 0) is 23.7 Å². The van der Waals surface area contributed by atoms with Crippen LogP contribution in [0.1, 0.15) is 0 Å². The Morgan fingerprint density at radius 2 is 2.00 bits per heavy atom. The summed E-state index contributed by atoms with van der Waals surface area (Å²) in [5.41, 5.74) is -0.699. The first-order chi connectivity index (χ1) is 7.25. The minimum atomic E-state index is -0.699. The van der Waals surface area contributed by atoms with E-state index in [1.165, 1.54) is 11.4 Å². The van der Waals surface area contributed by atoms with Crippen LogP contribution in [0, 0.1) is 0 Å². The van der Waals surface area contributed by atoms with E-state index in [1.807, 2.05) is 18.2 Å². The molecule has 4 nitrogen and oxygen atoms in total. The molecule has 1 aliphatic rings. The molecule has 1 aromatic rings. The van der Waals surface area contributed by atoms with Crippen LogP contribution in [0.2, 0.25) is 0 Å². The lowest BCUT2D eigenvalue weighted by Gasteiger charge is -2.23. The largest absolute Gasteiger partial charge is 0.375 e. The second-order valence-electron chi connectivity index (χ2n) is 2.72. The molecule has 0 amide bonds. The molecule has 1 aliphatic heterocycles. The first-order valence-electron chi connectivity index (χ1n) is 4.18. The number of nitrogens with zero attached hydrogens (tertiary/aromatic N) is 3. The van der Waals surface area contributed by atoms with Crippen molar-refractivity contribution in [2.24, 2.45) is 9.98 Å². The Labute approximate surface area is 96.7 Å². The van der Waals surface area contributed by atoms with Crippen molar-refractivity contribution in [3.63, 3.8) is 0 Å². The first-order valence-corrected chi connectivity index (χ1v) is 5.00. The number of halogens is 2. The van der Waals surface area contributed by atoms with Gasteiger partial charge in [0.25, 0.3) is 0 Å². The molecular weight excluding hydrogens is 237 g/mol. The number of hydrogen-bond acceptors (Lipinski definition) is 4. The molecule has 6 heteroatoms. The molecule has 78 valence electrons.